The molecule has 3 aliphatic heterocycles. The van der Waals surface area contributed by atoms with E-state index in [1.165, 1.54) is 32.4 Å². The molecule has 35 heavy (non-hydrogen) atoms. The molecule has 5 heterocycles. The second-order valence-electron chi connectivity index (χ2n) is 9.33. The number of hydrogen-bond acceptors (Lipinski definition) is 8. The first-order valence-electron chi connectivity index (χ1n) is 12.2. The first kappa shape index (κ1) is 23.0. The molecule has 3 saturated heterocycles. The molecule has 0 saturated carbocycles. The summed E-state index contributed by atoms with van der Waals surface area (Å²) in [6.45, 7) is 4.55. The van der Waals surface area contributed by atoms with Gasteiger partial charge in [0.15, 0.2) is 11.8 Å². The Morgan fingerprint density at radius 2 is 1.86 bits per heavy atom. The molecule has 0 amide bonds. The lowest BCUT2D eigenvalue weighted by Gasteiger charge is -2.26. The fourth-order valence-electron chi connectivity index (χ4n) is 5.03. The van der Waals surface area contributed by atoms with Gasteiger partial charge in [-0.15, -0.1) is 0 Å². The number of aliphatic hydroxyl groups excluding tert-OH is 1. The topological polar surface area (TPSA) is 102 Å². The Labute approximate surface area is 208 Å². The number of halogens is 1. The lowest BCUT2D eigenvalue weighted by atomic mass is 10.1. The number of H-pyrrole nitrogens is 1. The standard InChI is InChI=1S/C25H29ClN4O5/c26-17-12-18-24(29-25(27-18)35-20-14-34-22-19(31)13-33-23(20)22)28-21(17)15-4-6-16(7-5-15)32-11-10-30-8-2-1-3-9-30/h4-7,12,19-20,22-23,31H,1-3,8-11,13-14H2,(H,27,28,29)/t19-,20-,22-,23-/m1/s1. The number of aliphatic hydroxyl groups is 1. The van der Waals surface area contributed by atoms with E-state index in [2.05, 4.69) is 19.9 Å². The zero-order chi connectivity index (χ0) is 23.8. The molecular weight excluding hydrogens is 472 g/mol. The van der Waals surface area contributed by atoms with Gasteiger partial charge >= 0.3 is 0 Å². The van der Waals surface area contributed by atoms with Crippen LogP contribution in [0.15, 0.2) is 30.3 Å². The molecule has 6 rings (SSSR count). The third kappa shape index (κ3) is 4.83. The van der Waals surface area contributed by atoms with Gasteiger partial charge in [0.2, 0.25) is 0 Å². The monoisotopic (exact) mass is 500 g/mol. The zero-order valence-electron chi connectivity index (χ0n) is 19.4. The van der Waals surface area contributed by atoms with E-state index >= 15 is 0 Å². The highest BCUT2D eigenvalue weighted by Gasteiger charge is 2.48. The van der Waals surface area contributed by atoms with Crippen LogP contribution < -0.4 is 9.47 Å². The van der Waals surface area contributed by atoms with Crippen LogP contribution in [0.4, 0.5) is 0 Å². The van der Waals surface area contributed by atoms with E-state index in [-0.39, 0.29) is 24.9 Å². The van der Waals surface area contributed by atoms with Crippen molar-refractivity contribution in [2.75, 3.05) is 39.5 Å². The maximum atomic E-state index is 9.92. The van der Waals surface area contributed by atoms with Crippen molar-refractivity contribution in [3.8, 4) is 23.0 Å². The van der Waals surface area contributed by atoms with Gasteiger partial charge in [-0.05, 0) is 56.3 Å². The molecule has 3 aromatic rings. The van der Waals surface area contributed by atoms with Crippen LogP contribution in [-0.4, -0.2) is 88.8 Å². The Morgan fingerprint density at radius 1 is 1.06 bits per heavy atom. The van der Waals surface area contributed by atoms with Crippen LogP contribution >= 0.6 is 11.6 Å². The summed E-state index contributed by atoms with van der Waals surface area (Å²) in [5.74, 6) is 0.828. The summed E-state index contributed by atoms with van der Waals surface area (Å²) in [5.41, 5.74) is 2.70. The Kier molecular flexibility index (Phi) is 6.51. The maximum Gasteiger partial charge on any atom is 0.296 e. The van der Waals surface area contributed by atoms with E-state index in [9.17, 15) is 5.11 Å². The third-order valence-electron chi connectivity index (χ3n) is 6.90. The number of fused-ring (bicyclic) bond motifs is 2. The number of pyridine rings is 1. The lowest BCUT2D eigenvalue weighted by Crippen LogP contribution is -2.34. The van der Waals surface area contributed by atoms with Crippen LogP contribution in [0.25, 0.3) is 22.4 Å². The molecule has 0 spiro atoms. The van der Waals surface area contributed by atoms with E-state index < -0.39 is 6.10 Å². The van der Waals surface area contributed by atoms with Crippen molar-refractivity contribution in [3.63, 3.8) is 0 Å². The van der Waals surface area contributed by atoms with E-state index in [1.54, 1.807) is 6.07 Å². The van der Waals surface area contributed by atoms with Gasteiger partial charge in [0.05, 0.1) is 29.4 Å². The second-order valence-corrected chi connectivity index (χ2v) is 9.73. The van der Waals surface area contributed by atoms with Crippen molar-refractivity contribution >= 4 is 22.8 Å². The van der Waals surface area contributed by atoms with Gasteiger partial charge in [-0.2, -0.15) is 4.98 Å². The van der Waals surface area contributed by atoms with Crippen molar-refractivity contribution < 1.29 is 24.1 Å². The summed E-state index contributed by atoms with van der Waals surface area (Å²) in [6.07, 6.45) is 2.25. The van der Waals surface area contributed by atoms with Crippen LogP contribution in [-0.2, 0) is 9.47 Å². The summed E-state index contributed by atoms with van der Waals surface area (Å²) in [4.78, 5) is 14.7. The van der Waals surface area contributed by atoms with Crippen molar-refractivity contribution in [1.82, 2.24) is 19.9 Å². The highest BCUT2D eigenvalue weighted by Crippen LogP contribution is 2.32. The minimum Gasteiger partial charge on any atom is -0.492 e. The van der Waals surface area contributed by atoms with Crippen LogP contribution in [0.5, 0.6) is 11.8 Å². The summed E-state index contributed by atoms with van der Waals surface area (Å²) in [6, 6.07) is 9.92. The molecule has 0 radical (unpaired) electrons. The average molecular weight is 501 g/mol. The molecule has 1 aromatic carbocycles. The van der Waals surface area contributed by atoms with Gasteiger partial charge in [-0.3, -0.25) is 4.90 Å². The molecule has 10 heteroatoms. The fraction of sp³-hybridized carbons (Fsp3) is 0.520. The van der Waals surface area contributed by atoms with Gasteiger partial charge < -0.3 is 29.0 Å². The number of rotatable bonds is 7. The number of hydrogen-bond donors (Lipinski definition) is 2. The molecule has 3 fully saturated rings. The lowest BCUT2D eigenvalue weighted by molar-refractivity contribution is 0.00706. The second kappa shape index (κ2) is 9.91. The number of aromatic nitrogens is 3. The van der Waals surface area contributed by atoms with Gasteiger partial charge in [-0.1, -0.05) is 18.0 Å². The zero-order valence-corrected chi connectivity index (χ0v) is 20.1. The summed E-state index contributed by atoms with van der Waals surface area (Å²) in [7, 11) is 0. The average Bonchev–Trinajstić information content (AvgIpc) is 3.56. The minimum atomic E-state index is -0.626. The van der Waals surface area contributed by atoms with Crippen molar-refractivity contribution in [2.24, 2.45) is 0 Å². The van der Waals surface area contributed by atoms with Crippen molar-refractivity contribution in [2.45, 2.75) is 43.7 Å². The van der Waals surface area contributed by atoms with Crippen LogP contribution in [0, 0.1) is 0 Å². The molecule has 2 N–H and O–H groups in total. The molecule has 2 aromatic heterocycles. The Hall–Kier alpha value is -2.43. The van der Waals surface area contributed by atoms with Gasteiger partial charge in [-0.25, -0.2) is 4.98 Å². The number of nitrogens with one attached hydrogen (secondary N) is 1. The first-order chi connectivity index (χ1) is 17.1. The van der Waals surface area contributed by atoms with Crippen LogP contribution in [0.3, 0.4) is 0 Å². The molecule has 0 aliphatic carbocycles. The quantitative estimate of drug-likeness (QED) is 0.510. The first-order valence-corrected chi connectivity index (χ1v) is 12.6. The van der Waals surface area contributed by atoms with Gasteiger partial charge in [0.1, 0.15) is 30.7 Å². The SMILES string of the molecule is O[C@@H]1CO[C@H]2[C@@H]1OC[C@H]2Oc1nc2nc(-c3ccc(OCCN4CCCCC4)cc3)c(Cl)cc2[nH]1. The number of aromatic amines is 1. The minimum absolute atomic E-state index is 0.248. The number of likely N-dealkylation sites (tertiary alicyclic amines) is 1. The Bertz CT molecular complexity index is 1170. The highest BCUT2D eigenvalue weighted by atomic mass is 35.5. The normalized spacial score (nSPS) is 26.8. The number of nitrogens with zero attached hydrogens (tertiary/aromatic N) is 3. The summed E-state index contributed by atoms with van der Waals surface area (Å²) >= 11 is 6.56. The molecule has 0 bridgehead atoms. The van der Waals surface area contributed by atoms with Gasteiger partial charge in [0, 0.05) is 12.1 Å². The van der Waals surface area contributed by atoms with E-state index in [0.29, 0.717) is 41.1 Å². The number of imidazole rings is 1. The number of benzene rings is 1. The number of ether oxygens (including phenoxy) is 4. The maximum absolute atomic E-state index is 9.92. The molecule has 3 aliphatic rings. The Balaban J connectivity index is 1.12. The molecule has 9 nitrogen and oxygen atoms in total. The third-order valence-corrected chi connectivity index (χ3v) is 7.19. The molecule has 186 valence electrons. The number of piperidine rings is 1. The van der Waals surface area contributed by atoms with Crippen molar-refractivity contribution in [3.05, 3.63) is 35.4 Å². The predicted octanol–water partition coefficient (Wildman–Crippen LogP) is 3.05. The van der Waals surface area contributed by atoms with Crippen LogP contribution in [0.2, 0.25) is 5.02 Å². The van der Waals surface area contributed by atoms with Gasteiger partial charge in [0.25, 0.3) is 6.01 Å². The summed E-state index contributed by atoms with van der Waals surface area (Å²) in [5, 5.41) is 10.4. The predicted molar refractivity (Wildman–Crippen MR) is 130 cm³/mol. The smallest absolute Gasteiger partial charge is 0.296 e. The van der Waals surface area contributed by atoms with Crippen LogP contribution in [0.1, 0.15) is 19.3 Å². The fourth-order valence-corrected chi connectivity index (χ4v) is 5.29. The summed E-state index contributed by atoms with van der Waals surface area (Å²) < 4.78 is 23.1. The van der Waals surface area contributed by atoms with E-state index in [0.717, 1.165) is 17.9 Å². The highest BCUT2D eigenvalue weighted by molar-refractivity contribution is 6.33. The largest absolute Gasteiger partial charge is 0.492 e. The van der Waals surface area contributed by atoms with Crippen molar-refractivity contribution in [1.29, 1.82) is 0 Å². The molecular formula is C25H29ClN4O5. The Morgan fingerprint density at radius 3 is 2.69 bits per heavy atom. The molecule has 0 unspecified atom stereocenters. The molecule has 4 atom stereocenters. The van der Waals surface area contributed by atoms with E-state index in [4.69, 9.17) is 30.5 Å². The van der Waals surface area contributed by atoms with E-state index in [1.807, 2.05) is 24.3 Å².